The molecule has 0 heterocycles. The Bertz CT molecular complexity index is 354. The average molecular weight is 270 g/mol. The smallest absolute Gasteiger partial charge is 0.324 e. The summed E-state index contributed by atoms with van der Waals surface area (Å²) in [5, 5.41) is 9.55. The first-order chi connectivity index (χ1) is 8.58. The van der Waals surface area contributed by atoms with E-state index in [9.17, 15) is 14.7 Å². The first-order valence-electron chi connectivity index (χ1n) is 7.05. The summed E-state index contributed by atoms with van der Waals surface area (Å²) in [5.41, 5.74) is -2.00. The van der Waals surface area contributed by atoms with Crippen molar-refractivity contribution in [1.29, 1.82) is 0 Å². The zero-order valence-corrected chi connectivity index (χ0v) is 12.7. The van der Waals surface area contributed by atoms with Crippen LogP contribution in [-0.2, 0) is 14.3 Å². The minimum Gasteiger partial charge on any atom is -0.480 e. The summed E-state index contributed by atoms with van der Waals surface area (Å²) in [5.74, 6) is -0.941. The monoisotopic (exact) mass is 270 g/mol. The Balaban J connectivity index is 2.97. The number of esters is 1. The second kappa shape index (κ2) is 5.51. The van der Waals surface area contributed by atoms with Gasteiger partial charge >= 0.3 is 11.9 Å². The van der Waals surface area contributed by atoms with Gasteiger partial charge < -0.3 is 9.84 Å². The third-order valence-corrected chi connectivity index (χ3v) is 3.93. The molecule has 19 heavy (non-hydrogen) atoms. The summed E-state index contributed by atoms with van der Waals surface area (Å²) in [4.78, 5) is 24.0. The van der Waals surface area contributed by atoms with E-state index in [2.05, 4.69) is 13.8 Å². The van der Waals surface area contributed by atoms with Gasteiger partial charge in [0.1, 0.15) is 5.60 Å². The summed E-state index contributed by atoms with van der Waals surface area (Å²) in [6.07, 6.45) is 2.55. The summed E-state index contributed by atoms with van der Waals surface area (Å²) in [6.45, 7) is 9.46. The number of carboxylic acids is 1. The summed E-state index contributed by atoms with van der Waals surface area (Å²) in [7, 11) is 0. The average Bonchev–Trinajstić information content (AvgIpc) is 2.26. The minimum absolute atomic E-state index is 0.275. The van der Waals surface area contributed by atoms with E-state index in [1.807, 2.05) is 0 Å². The lowest BCUT2D eigenvalue weighted by Gasteiger charge is -2.38. The highest BCUT2D eigenvalue weighted by atomic mass is 16.6. The molecule has 2 atom stereocenters. The molecule has 0 aromatic carbocycles. The molecule has 0 bridgehead atoms. The van der Waals surface area contributed by atoms with Gasteiger partial charge in [0.15, 0.2) is 5.41 Å². The molecule has 1 aliphatic rings. The third-order valence-electron chi connectivity index (χ3n) is 3.93. The molecular formula is C15H26O4. The van der Waals surface area contributed by atoms with E-state index in [4.69, 9.17) is 4.74 Å². The van der Waals surface area contributed by atoms with E-state index < -0.39 is 23.0 Å². The van der Waals surface area contributed by atoms with Crippen LogP contribution in [0.25, 0.3) is 0 Å². The molecule has 0 aromatic rings. The van der Waals surface area contributed by atoms with Crippen LogP contribution in [-0.4, -0.2) is 22.6 Å². The zero-order valence-electron chi connectivity index (χ0n) is 12.7. The second-order valence-corrected chi connectivity index (χ2v) is 6.99. The molecule has 1 N–H and O–H groups in total. The van der Waals surface area contributed by atoms with Crippen LogP contribution >= 0.6 is 0 Å². The van der Waals surface area contributed by atoms with Crippen LogP contribution in [0, 0.1) is 17.3 Å². The van der Waals surface area contributed by atoms with Crippen LogP contribution in [0.4, 0.5) is 0 Å². The molecule has 0 radical (unpaired) electrons. The largest absolute Gasteiger partial charge is 0.480 e. The van der Waals surface area contributed by atoms with Crippen molar-refractivity contribution in [2.24, 2.45) is 17.3 Å². The predicted octanol–water partition coefficient (Wildman–Crippen LogP) is 3.25. The highest BCUT2D eigenvalue weighted by Crippen LogP contribution is 2.44. The fourth-order valence-electron chi connectivity index (χ4n) is 2.73. The van der Waals surface area contributed by atoms with E-state index in [1.54, 1.807) is 20.8 Å². The van der Waals surface area contributed by atoms with Gasteiger partial charge in [-0.1, -0.05) is 26.7 Å². The van der Waals surface area contributed by atoms with Crippen molar-refractivity contribution in [3.8, 4) is 0 Å². The van der Waals surface area contributed by atoms with Crippen LogP contribution in [0.3, 0.4) is 0 Å². The molecule has 1 aliphatic carbocycles. The second-order valence-electron chi connectivity index (χ2n) is 6.99. The maximum absolute atomic E-state index is 12.3. The molecule has 110 valence electrons. The number of carboxylic acid groups (broad SMARTS) is 1. The number of rotatable bonds is 3. The van der Waals surface area contributed by atoms with Crippen molar-refractivity contribution in [1.82, 2.24) is 0 Å². The van der Waals surface area contributed by atoms with Crippen molar-refractivity contribution in [3.05, 3.63) is 0 Å². The summed E-state index contributed by atoms with van der Waals surface area (Å²) < 4.78 is 5.35. The Morgan fingerprint density at radius 3 is 2.32 bits per heavy atom. The van der Waals surface area contributed by atoms with Gasteiger partial charge in [-0.3, -0.25) is 9.59 Å². The van der Waals surface area contributed by atoms with Crippen LogP contribution in [0.2, 0.25) is 0 Å². The molecule has 1 saturated carbocycles. The van der Waals surface area contributed by atoms with E-state index in [0.717, 1.165) is 12.8 Å². The highest BCUT2D eigenvalue weighted by molar-refractivity contribution is 5.99. The van der Waals surface area contributed by atoms with E-state index in [-0.39, 0.29) is 5.92 Å². The van der Waals surface area contributed by atoms with Crippen LogP contribution in [0.1, 0.15) is 60.3 Å². The molecule has 0 aliphatic heterocycles. The maximum Gasteiger partial charge on any atom is 0.324 e. The Kier molecular flexibility index (Phi) is 4.64. The topological polar surface area (TPSA) is 63.6 Å². The Morgan fingerprint density at radius 2 is 1.89 bits per heavy atom. The fourth-order valence-corrected chi connectivity index (χ4v) is 2.73. The maximum atomic E-state index is 12.3. The first-order valence-corrected chi connectivity index (χ1v) is 7.05. The first kappa shape index (κ1) is 16.0. The van der Waals surface area contributed by atoms with Gasteiger partial charge in [-0.15, -0.1) is 0 Å². The lowest BCUT2D eigenvalue weighted by atomic mass is 9.66. The molecule has 2 unspecified atom stereocenters. The van der Waals surface area contributed by atoms with Crippen LogP contribution in [0.15, 0.2) is 0 Å². The van der Waals surface area contributed by atoms with Gasteiger partial charge in [0.25, 0.3) is 0 Å². The van der Waals surface area contributed by atoms with Crippen molar-refractivity contribution in [2.75, 3.05) is 0 Å². The molecule has 4 nitrogen and oxygen atoms in total. The van der Waals surface area contributed by atoms with Gasteiger partial charge in [0, 0.05) is 0 Å². The van der Waals surface area contributed by atoms with Crippen LogP contribution < -0.4 is 0 Å². The predicted molar refractivity (Wildman–Crippen MR) is 72.7 cm³/mol. The standard InChI is InChI=1S/C15H26O4/c1-10(2)11-7-6-8-15(9-11,12(16)17)13(18)19-14(3,4)5/h10-11H,6-9H2,1-5H3,(H,16,17). The van der Waals surface area contributed by atoms with Gasteiger partial charge in [-0.25, -0.2) is 0 Å². The molecule has 0 saturated heterocycles. The quantitative estimate of drug-likeness (QED) is 0.631. The van der Waals surface area contributed by atoms with Gasteiger partial charge in [0.2, 0.25) is 0 Å². The number of aliphatic carboxylic acids is 1. The molecule has 0 aromatic heterocycles. The van der Waals surface area contributed by atoms with Crippen molar-refractivity contribution < 1.29 is 19.4 Å². The van der Waals surface area contributed by atoms with Crippen LogP contribution in [0.5, 0.6) is 0 Å². The minimum atomic E-state index is -1.35. The third kappa shape index (κ3) is 3.71. The van der Waals surface area contributed by atoms with Gasteiger partial charge in [-0.2, -0.15) is 0 Å². The Hall–Kier alpha value is -1.06. The molecule has 0 amide bonds. The highest BCUT2D eigenvalue weighted by Gasteiger charge is 2.51. The van der Waals surface area contributed by atoms with E-state index >= 15 is 0 Å². The summed E-state index contributed by atoms with van der Waals surface area (Å²) >= 11 is 0. The van der Waals surface area contributed by atoms with E-state index in [0.29, 0.717) is 18.8 Å². The number of carbonyl (C=O) groups is 2. The molecular weight excluding hydrogens is 244 g/mol. The number of hydrogen-bond donors (Lipinski definition) is 1. The Morgan fingerprint density at radius 1 is 1.32 bits per heavy atom. The molecule has 1 rings (SSSR count). The molecule has 4 heteroatoms. The zero-order chi connectivity index (χ0) is 14.8. The number of carbonyl (C=O) groups excluding carboxylic acids is 1. The Labute approximate surface area is 115 Å². The van der Waals surface area contributed by atoms with Gasteiger partial charge in [-0.05, 0) is 45.4 Å². The normalized spacial score (nSPS) is 28.2. The van der Waals surface area contributed by atoms with Crippen molar-refractivity contribution >= 4 is 11.9 Å². The summed E-state index contributed by atoms with van der Waals surface area (Å²) in [6, 6.07) is 0. The van der Waals surface area contributed by atoms with Crippen molar-refractivity contribution in [3.63, 3.8) is 0 Å². The lowest BCUT2D eigenvalue weighted by molar-refractivity contribution is -0.181. The van der Waals surface area contributed by atoms with Gasteiger partial charge in [0.05, 0.1) is 0 Å². The van der Waals surface area contributed by atoms with E-state index in [1.165, 1.54) is 0 Å². The number of hydrogen-bond acceptors (Lipinski definition) is 3. The molecule has 0 spiro atoms. The molecule has 1 fully saturated rings. The van der Waals surface area contributed by atoms with Crippen molar-refractivity contribution in [2.45, 2.75) is 65.9 Å². The fraction of sp³-hybridized carbons (Fsp3) is 0.867. The SMILES string of the molecule is CC(C)C1CCCC(C(=O)O)(C(=O)OC(C)(C)C)C1. The number of ether oxygens (including phenoxy) is 1. The lowest BCUT2D eigenvalue weighted by Crippen LogP contribution is -2.47.